The van der Waals surface area contributed by atoms with Crippen LogP contribution in [0.3, 0.4) is 0 Å². The Morgan fingerprint density at radius 1 is 1.37 bits per heavy atom. The van der Waals surface area contributed by atoms with E-state index in [1.54, 1.807) is 0 Å². The highest BCUT2D eigenvalue weighted by molar-refractivity contribution is 5.48. The van der Waals surface area contributed by atoms with Crippen LogP contribution in [-0.2, 0) is 17.8 Å². The number of hydrogen-bond acceptors (Lipinski definition) is 2. The van der Waals surface area contributed by atoms with E-state index < -0.39 is 0 Å². The molecule has 1 heterocycles. The molecule has 3 nitrogen and oxygen atoms in total. The molecule has 0 aliphatic carbocycles. The molecule has 1 aliphatic rings. The minimum atomic E-state index is 0.495. The summed E-state index contributed by atoms with van der Waals surface area (Å²) in [6.45, 7) is 6.56. The molecule has 0 atom stereocenters. The zero-order chi connectivity index (χ0) is 13.7. The molecular formula is C16H23NO2. The molecule has 0 saturated heterocycles. The fourth-order valence-electron chi connectivity index (χ4n) is 2.52. The standard InChI is InChI=1S/C16H23NO2/c1-13(2)10-17(12-18)11-14-6-7-16-15(9-14)5-3-4-8-19-16/h6-7,9,12-13H,3-5,8,10-11H2,1-2H3. The Bertz CT molecular complexity index is 429. The van der Waals surface area contributed by atoms with E-state index in [2.05, 4.69) is 26.0 Å². The van der Waals surface area contributed by atoms with Gasteiger partial charge in [0.05, 0.1) is 6.61 Å². The maximum atomic E-state index is 11.1. The van der Waals surface area contributed by atoms with E-state index >= 15 is 0 Å². The van der Waals surface area contributed by atoms with Crippen LogP contribution in [0.1, 0.15) is 37.8 Å². The van der Waals surface area contributed by atoms with Crippen LogP contribution < -0.4 is 4.74 Å². The molecular weight excluding hydrogens is 238 g/mol. The number of rotatable bonds is 5. The third-order valence-electron chi connectivity index (χ3n) is 3.36. The van der Waals surface area contributed by atoms with Gasteiger partial charge < -0.3 is 9.64 Å². The first-order chi connectivity index (χ1) is 9.19. The molecule has 3 heteroatoms. The molecule has 1 aromatic carbocycles. The second-order valence-corrected chi connectivity index (χ2v) is 5.68. The number of nitrogens with zero attached hydrogens (tertiary/aromatic N) is 1. The summed E-state index contributed by atoms with van der Waals surface area (Å²) in [5.74, 6) is 1.51. The quantitative estimate of drug-likeness (QED) is 0.763. The molecule has 1 amide bonds. The molecule has 0 N–H and O–H groups in total. The van der Waals surface area contributed by atoms with Crippen molar-refractivity contribution in [2.24, 2.45) is 5.92 Å². The normalized spacial score (nSPS) is 14.5. The highest BCUT2D eigenvalue weighted by Crippen LogP contribution is 2.25. The van der Waals surface area contributed by atoms with Gasteiger partial charge in [0.25, 0.3) is 0 Å². The Hall–Kier alpha value is -1.51. The number of amides is 1. The van der Waals surface area contributed by atoms with Crippen molar-refractivity contribution in [3.05, 3.63) is 29.3 Å². The molecule has 0 fully saturated rings. The van der Waals surface area contributed by atoms with Crippen LogP contribution in [0.15, 0.2) is 18.2 Å². The first kappa shape index (κ1) is 13.9. The summed E-state index contributed by atoms with van der Waals surface area (Å²) in [5, 5.41) is 0. The molecule has 1 aromatic rings. The maximum absolute atomic E-state index is 11.1. The summed E-state index contributed by atoms with van der Waals surface area (Å²) >= 11 is 0. The molecule has 0 radical (unpaired) electrons. The second-order valence-electron chi connectivity index (χ2n) is 5.68. The van der Waals surface area contributed by atoms with Crippen LogP contribution in [-0.4, -0.2) is 24.5 Å². The largest absolute Gasteiger partial charge is 0.493 e. The Labute approximate surface area is 115 Å². The minimum absolute atomic E-state index is 0.495. The third-order valence-corrected chi connectivity index (χ3v) is 3.36. The average molecular weight is 261 g/mol. The number of hydrogen-bond donors (Lipinski definition) is 0. The van der Waals surface area contributed by atoms with Crippen LogP contribution in [0.25, 0.3) is 0 Å². The highest BCUT2D eigenvalue weighted by Gasteiger charge is 2.11. The number of aryl methyl sites for hydroxylation is 1. The van der Waals surface area contributed by atoms with Crippen LogP contribution in [0.4, 0.5) is 0 Å². The molecule has 0 unspecified atom stereocenters. The lowest BCUT2D eigenvalue weighted by atomic mass is 10.0. The van der Waals surface area contributed by atoms with Gasteiger partial charge in [-0.25, -0.2) is 0 Å². The van der Waals surface area contributed by atoms with Crippen molar-refractivity contribution in [1.29, 1.82) is 0 Å². The Morgan fingerprint density at radius 2 is 2.21 bits per heavy atom. The van der Waals surface area contributed by atoms with Gasteiger partial charge in [0.15, 0.2) is 0 Å². The van der Waals surface area contributed by atoms with E-state index in [1.165, 1.54) is 17.5 Å². The van der Waals surface area contributed by atoms with E-state index in [1.807, 2.05) is 11.0 Å². The second kappa shape index (κ2) is 6.60. The lowest BCUT2D eigenvalue weighted by Crippen LogP contribution is -2.25. The van der Waals surface area contributed by atoms with Crippen LogP contribution >= 0.6 is 0 Å². The van der Waals surface area contributed by atoms with Crippen molar-refractivity contribution in [2.75, 3.05) is 13.2 Å². The summed E-state index contributed by atoms with van der Waals surface area (Å²) in [4.78, 5) is 12.9. The minimum Gasteiger partial charge on any atom is -0.493 e. The van der Waals surface area contributed by atoms with E-state index in [9.17, 15) is 4.79 Å². The van der Waals surface area contributed by atoms with Gasteiger partial charge in [-0.15, -0.1) is 0 Å². The van der Waals surface area contributed by atoms with Crippen LogP contribution in [0.2, 0.25) is 0 Å². The Balaban J connectivity index is 2.08. The van der Waals surface area contributed by atoms with Crippen molar-refractivity contribution < 1.29 is 9.53 Å². The summed E-state index contributed by atoms with van der Waals surface area (Å²) in [5.41, 5.74) is 2.47. The predicted molar refractivity (Wildman–Crippen MR) is 76.2 cm³/mol. The zero-order valence-electron chi connectivity index (χ0n) is 11.9. The molecule has 1 aliphatic heterocycles. The number of benzene rings is 1. The van der Waals surface area contributed by atoms with Gasteiger partial charge >= 0.3 is 0 Å². The number of ether oxygens (including phenoxy) is 1. The first-order valence-corrected chi connectivity index (χ1v) is 7.13. The molecule has 0 saturated carbocycles. The fraction of sp³-hybridized carbons (Fsp3) is 0.562. The molecule has 104 valence electrons. The Kier molecular flexibility index (Phi) is 4.83. The van der Waals surface area contributed by atoms with Crippen molar-refractivity contribution in [3.8, 4) is 5.75 Å². The smallest absolute Gasteiger partial charge is 0.210 e. The topological polar surface area (TPSA) is 29.5 Å². The summed E-state index contributed by atoms with van der Waals surface area (Å²) < 4.78 is 5.72. The maximum Gasteiger partial charge on any atom is 0.210 e. The van der Waals surface area contributed by atoms with Gasteiger partial charge in [-0.1, -0.05) is 26.0 Å². The van der Waals surface area contributed by atoms with E-state index in [0.29, 0.717) is 12.5 Å². The van der Waals surface area contributed by atoms with Crippen molar-refractivity contribution in [2.45, 2.75) is 39.7 Å². The molecule has 0 aromatic heterocycles. The summed E-state index contributed by atoms with van der Waals surface area (Å²) in [6.07, 6.45) is 4.33. The third kappa shape index (κ3) is 3.98. The van der Waals surface area contributed by atoms with Crippen LogP contribution in [0, 0.1) is 5.92 Å². The molecule has 2 rings (SSSR count). The molecule has 19 heavy (non-hydrogen) atoms. The van der Waals surface area contributed by atoms with Gasteiger partial charge in [0.1, 0.15) is 5.75 Å². The SMILES string of the molecule is CC(C)CN(C=O)Cc1ccc2c(c1)CCCCO2. The number of fused-ring (bicyclic) bond motifs is 1. The van der Waals surface area contributed by atoms with Crippen molar-refractivity contribution >= 4 is 6.41 Å². The van der Waals surface area contributed by atoms with Gasteiger partial charge in [-0.3, -0.25) is 4.79 Å². The predicted octanol–water partition coefficient (Wildman–Crippen LogP) is 3.02. The summed E-state index contributed by atoms with van der Waals surface area (Å²) in [6, 6.07) is 6.31. The lowest BCUT2D eigenvalue weighted by Gasteiger charge is -2.20. The van der Waals surface area contributed by atoms with Gasteiger partial charge in [-0.05, 0) is 42.4 Å². The van der Waals surface area contributed by atoms with Gasteiger partial charge in [0.2, 0.25) is 6.41 Å². The zero-order valence-corrected chi connectivity index (χ0v) is 11.9. The van der Waals surface area contributed by atoms with Crippen molar-refractivity contribution in [3.63, 3.8) is 0 Å². The molecule has 0 bridgehead atoms. The number of carbonyl (C=O) groups excluding carboxylic acids is 1. The fourth-order valence-corrected chi connectivity index (χ4v) is 2.52. The lowest BCUT2D eigenvalue weighted by molar-refractivity contribution is -0.119. The van der Waals surface area contributed by atoms with Gasteiger partial charge in [0, 0.05) is 13.1 Å². The van der Waals surface area contributed by atoms with Crippen LogP contribution in [0.5, 0.6) is 5.75 Å². The van der Waals surface area contributed by atoms with E-state index in [0.717, 1.165) is 38.2 Å². The van der Waals surface area contributed by atoms with E-state index in [-0.39, 0.29) is 0 Å². The monoisotopic (exact) mass is 261 g/mol. The van der Waals surface area contributed by atoms with Crippen molar-refractivity contribution in [1.82, 2.24) is 4.90 Å². The van der Waals surface area contributed by atoms with Gasteiger partial charge in [-0.2, -0.15) is 0 Å². The Morgan fingerprint density at radius 3 is 2.95 bits per heavy atom. The summed E-state index contributed by atoms with van der Waals surface area (Å²) in [7, 11) is 0. The number of carbonyl (C=O) groups is 1. The average Bonchev–Trinajstić information content (AvgIpc) is 2.62. The van der Waals surface area contributed by atoms with E-state index in [4.69, 9.17) is 4.74 Å². The highest BCUT2D eigenvalue weighted by atomic mass is 16.5. The first-order valence-electron chi connectivity index (χ1n) is 7.13. The molecule has 0 spiro atoms.